The topological polar surface area (TPSA) is 34.9 Å². The van der Waals surface area contributed by atoms with Gasteiger partial charge in [0.05, 0.1) is 16.7 Å². The summed E-state index contributed by atoms with van der Waals surface area (Å²) in [6.45, 7) is 1.89. The van der Waals surface area contributed by atoms with E-state index in [4.69, 9.17) is 0 Å². The molecule has 0 bridgehead atoms. The van der Waals surface area contributed by atoms with Gasteiger partial charge < -0.3 is 0 Å². The zero-order valence-electron chi connectivity index (χ0n) is 8.87. The lowest BCUT2D eigenvalue weighted by Crippen LogP contribution is -2.29. The largest absolute Gasteiger partial charge is 0.281 e. The highest BCUT2D eigenvalue weighted by Gasteiger charge is 2.18. The molecule has 82 valence electrons. The van der Waals surface area contributed by atoms with Crippen molar-refractivity contribution in [2.45, 2.75) is 45.1 Å². The van der Waals surface area contributed by atoms with Gasteiger partial charge >= 0.3 is 0 Å². The fourth-order valence-electron chi connectivity index (χ4n) is 2.11. The molecule has 0 radical (unpaired) electrons. The standard InChI is InChI=1S/C11H15BrN2O/c1-8-7-13-14(11(15)10(8)12)9-5-3-2-4-6-9/h7,9H,2-6H2,1H3. The molecule has 1 aliphatic carbocycles. The van der Waals surface area contributed by atoms with E-state index >= 15 is 0 Å². The lowest BCUT2D eigenvalue weighted by atomic mass is 9.96. The molecular weight excluding hydrogens is 256 g/mol. The van der Waals surface area contributed by atoms with Crippen molar-refractivity contribution >= 4 is 15.9 Å². The van der Waals surface area contributed by atoms with Gasteiger partial charge in [-0.2, -0.15) is 5.10 Å². The molecule has 0 N–H and O–H groups in total. The van der Waals surface area contributed by atoms with E-state index in [9.17, 15) is 4.79 Å². The summed E-state index contributed by atoms with van der Waals surface area (Å²) in [6, 6.07) is 0.308. The zero-order chi connectivity index (χ0) is 10.8. The van der Waals surface area contributed by atoms with Crippen molar-refractivity contribution in [2.24, 2.45) is 0 Å². The normalized spacial score (nSPS) is 18.0. The zero-order valence-corrected chi connectivity index (χ0v) is 10.5. The fraction of sp³-hybridized carbons (Fsp3) is 0.636. The van der Waals surface area contributed by atoms with E-state index in [1.807, 2.05) is 6.92 Å². The maximum absolute atomic E-state index is 11.9. The van der Waals surface area contributed by atoms with Crippen LogP contribution in [-0.4, -0.2) is 9.78 Å². The summed E-state index contributed by atoms with van der Waals surface area (Å²) in [5.74, 6) is 0. The maximum atomic E-state index is 11.9. The van der Waals surface area contributed by atoms with E-state index < -0.39 is 0 Å². The van der Waals surface area contributed by atoms with E-state index in [1.165, 1.54) is 19.3 Å². The Morgan fingerprint density at radius 3 is 2.73 bits per heavy atom. The fourth-order valence-corrected chi connectivity index (χ4v) is 2.40. The number of hydrogen-bond acceptors (Lipinski definition) is 2. The molecule has 1 aromatic rings. The lowest BCUT2D eigenvalue weighted by molar-refractivity contribution is 0.317. The third kappa shape index (κ3) is 2.14. The molecule has 0 unspecified atom stereocenters. The third-order valence-corrected chi connectivity index (χ3v) is 4.00. The van der Waals surface area contributed by atoms with Crippen LogP contribution in [0.15, 0.2) is 15.5 Å². The Kier molecular flexibility index (Phi) is 3.24. The molecule has 1 aromatic heterocycles. The van der Waals surface area contributed by atoms with Gasteiger partial charge in [0.15, 0.2) is 0 Å². The highest BCUT2D eigenvalue weighted by atomic mass is 79.9. The van der Waals surface area contributed by atoms with Crippen molar-refractivity contribution in [1.29, 1.82) is 0 Å². The molecule has 0 aromatic carbocycles. The number of hydrogen-bond donors (Lipinski definition) is 0. The van der Waals surface area contributed by atoms with Crippen molar-refractivity contribution in [3.63, 3.8) is 0 Å². The average Bonchev–Trinajstić information content (AvgIpc) is 2.27. The smallest absolute Gasteiger partial charge is 0.266 e. The molecule has 0 aliphatic heterocycles. The Bertz CT molecular complexity index is 408. The second kappa shape index (κ2) is 4.47. The summed E-state index contributed by atoms with van der Waals surface area (Å²) in [4.78, 5) is 11.9. The first-order valence-corrected chi connectivity index (χ1v) is 6.23. The van der Waals surface area contributed by atoms with Gasteiger partial charge in [-0.3, -0.25) is 4.79 Å². The van der Waals surface area contributed by atoms with Crippen molar-refractivity contribution in [1.82, 2.24) is 9.78 Å². The van der Waals surface area contributed by atoms with Crippen molar-refractivity contribution < 1.29 is 0 Å². The highest BCUT2D eigenvalue weighted by molar-refractivity contribution is 9.10. The Hall–Kier alpha value is -0.640. The van der Waals surface area contributed by atoms with Gasteiger partial charge in [0, 0.05) is 0 Å². The highest BCUT2D eigenvalue weighted by Crippen LogP contribution is 2.26. The maximum Gasteiger partial charge on any atom is 0.281 e. The molecule has 0 amide bonds. The summed E-state index contributed by atoms with van der Waals surface area (Å²) < 4.78 is 2.30. The third-order valence-electron chi connectivity index (χ3n) is 3.04. The van der Waals surface area contributed by atoms with Crippen molar-refractivity contribution in [3.8, 4) is 0 Å². The lowest BCUT2D eigenvalue weighted by Gasteiger charge is -2.22. The molecule has 0 saturated heterocycles. The number of nitrogens with zero attached hydrogens (tertiary/aromatic N) is 2. The van der Waals surface area contributed by atoms with Crippen LogP contribution >= 0.6 is 15.9 Å². The first-order valence-electron chi connectivity index (χ1n) is 5.44. The molecule has 0 spiro atoms. The molecule has 1 heterocycles. The van der Waals surface area contributed by atoms with Gasteiger partial charge in [-0.15, -0.1) is 0 Å². The summed E-state index contributed by atoms with van der Waals surface area (Å²) in [5.41, 5.74) is 0.925. The van der Waals surface area contributed by atoms with E-state index in [-0.39, 0.29) is 5.56 Å². The number of aryl methyl sites for hydroxylation is 1. The number of rotatable bonds is 1. The molecule has 0 atom stereocenters. The van der Waals surface area contributed by atoms with Gasteiger partial charge in [0.25, 0.3) is 5.56 Å². The molecule has 1 saturated carbocycles. The van der Waals surface area contributed by atoms with Crippen LogP contribution in [0.3, 0.4) is 0 Å². The molecular formula is C11H15BrN2O. The summed E-state index contributed by atoms with van der Waals surface area (Å²) in [7, 11) is 0. The van der Waals surface area contributed by atoms with E-state index in [0.29, 0.717) is 10.5 Å². The van der Waals surface area contributed by atoms with Crippen LogP contribution in [0.5, 0.6) is 0 Å². The van der Waals surface area contributed by atoms with Gasteiger partial charge in [-0.05, 0) is 41.3 Å². The van der Waals surface area contributed by atoms with Crippen molar-refractivity contribution in [3.05, 3.63) is 26.6 Å². The average molecular weight is 271 g/mol. The Morgan fingerprint density at radius 1 is 1.40 bits per heavy atom. The second-order valence-electron chi connectivity index (χ2n) is 4.18. The van der Waals surface area contributed by atoms with Crippen LogP contribution in [0.25, 0.3) is 0 Å². The Labute approximate surface area is 97.6 Å². The minimum Gasteiger partial charge on any atom is -0.266 e. The van der Waals surface area contributed by atoms with E-state index in [2.05, 4.69) is 21.0 Å². The SMILES string of the molecule is Cc1cnn(C2CCCCC2)c(=O)c1Br. The van der Waals surface area contributed by atoms with E-state index in [0.717, 1.165) is 18.4 Å². The first kappa shape index (κ1) is 10.9. The van der Waals surface area contributed by atoms with Gasteiger partial charge in [0.2, 0.25) is 0 Å². The second-order valence-corrected chi connectivity index (χ2v) is 4.98. The molecule has 1 fully saturated rings. The summed E-state index contributed by atoms with van der Waals surface area (Å²) >= 11 is 3.32. The Balaban J connectivity index is 2.35. The van der Waals surface area contributed by atoms with Crippen LogP contribution in [-0.2, 0) is 0 Å². The first-order chi connectivity index (χ1) is 7.20. The Morgan fingerprint density at radius 2 is 2.07 bits per heavy atom. The van der Waals surface area contributed by atoms with Crippen molar-refractivity contribution in [2.75, 3.05) is 0 Å². The van der Waals surface area contributed by atoms with Crippen LogP contribution in [0, 0.1) is 6.92 Å². The molecule has 3 nitrogen and oxygen atoms in total. The van der Waals surface area contributed by atoms with Crippen LogP contribution in [0.2, 0.25) is 0 Å². The molecule has 4 heteroatoms. The minimum absolute atomic E-state index is 0.0156. The number of aromatic nitrogens is 2. The van der Waals surface area contributed by atoms with Gasteiger partial charge in [0.1, 0.15) is 0 Å². The van der Waals surface area contributed by atoms with Crippen LogP contribution < -0.4 is 5.56 Å². The monoisotopic (exact) mass is 270 g/mol. The van der Waals surface area contributed by atoms with Gasteiger partial charge in [-0.25, -0.2) is 4.68 Å². The van der Waals surface area contributed by atoms with Gasteiger partial charge in [-0.1, -0.05) is 19.3 Å². The summed E-state index contributed by atoms with van der Waals surface area (Å²) in [6.07, 6.45) is 7.65. The molecule has 1 aliphatic rings. The summed E-state index contributed by atoms with van der Waals surface area (Å²) in [5, 5.41) is 4.24. The predicted molar refractivity (Wildman–Crippen MR) is 63.1 cm³/mol. The molecule has 15 heavy (non-hydrogen) atoms. The van der Waals surface area contributed by atoms with Crippen LogP contribution in [0.1, 0.15) is 43.7 Å². The quantitative estimate of drug-likeness (QED) is 0.787. The molecule has 2 rings (SSSR count). The minimum atomic E-state index is 0.0156. The van der Waals surface area contributed by atoms with E-state index in [1.54, 1.807) is 10.9 Å². The van der Waals surface area contributed by atoms with Crippen LogP contribution in [0.4, 0.5) is 0 Å². The number of halogens is 1. The predicted octanol–water partition coefficient (Wildman–Crippen LogP) is 2.82.